The quantitative estimate of drug-likeness (QED) is 0.00756. The maximum Gasteiger partial charge on any atom is 2.00 e. The third-order valence-corrected chi connectivity index (χ3v) is 14.4. The molecule has 92 heavy (non-hydrogen) atoms. The first-order valence-electron chi connectivity index (χ1n) is 28.0. The van der Waals surface area contributed by atoms with E-state index in [1.807, 2.05) is 12.2 Å². The predicted molar refractivity (Wildman–Crippen MR) is 348 cm³/mol. The third-order valence-electron chi connectivity index (χ3n) is 13.3. The van der Waals surface area contributed by atoms with E-state index in [1.165, 1.54) is 56.5 Å². The Balaban J connectivity index is 0.000000350. The smallest absolute Gasteiger partial charge is 0.753 e. The molecular weight excluding hydrogens is 1310 g/mol. The number of unbranched alkanes of at least 4 members (excludes halogenated alkanes) is 3. The van der Waals surface area contributed by atoms with Gasteiger partial charge in [-0.15, -0.1) is 11.3 Å². The van der Waals surface area contributed by atoms with E-state index in [0.29, 0.717) is 98.0 Å². The number of ketones is 3. The summed E-state index contributed by atoms with van der Waals surface area (Å²) in [6.45, 7) is 7.43. The van der Waals surface area contributed by atoms with Crippen LogP contribution in [0.2, 0.25) is 0 Å². The second kappa shape index (κ2) is 35.2. The summed E-state index contributed by atoms with van der Waals surface area (Å²) in [6, 6.07) is 39.1. The van der Waals surface area contributed by atoms with Crippen LogP contribution in [0.15, 0.2) is 158 Å². The molecular formula is C70H56F3N7O9RuS2. The van der Waals surface area contributed by atoms with Gasteiger partial charge in [0, 0.05) is 67.4 Å². The van der Waals surface area contributed by atoms with Gasteiger partial charge in [0.05, 0.1) is 22.8 Å². The number of pyridine rings is 4. The van der Waals surface area contributed by atoms with Crippen molar-refractivity contribution in [2.75, 3.05) is 0 Å². The molecule has 6 heterocycles. The number of rotatable bonds is 25. The Kier molecular flexibility index (Phi) is 27.1. The van der Waals surface area contributed by atoms with Crippen LogP contribution in [-0.2, 0) is 60.7 Å². The molecule has 16 nitrogen and oxygen atoms in total. The minimum atomic E-state index is -4.50. The van der Waals surface area contributed by atoms with Crippen molar-refractivity contribution in [3.8, 4) is 34.2 Å². The summed E-state index contributed by atoms with van der Waals surface area (Å²) in [5, 5.41) is 15.3. The van der Waals surface area contributed by atoms with Gasteiger partial charge in [-0.05, 0) is 165 Å². The number of alkyl halides is 3. The number of nitrogens with zero attached hydrogens (tertiary/aromatic N) is 7. The SMILES string of the molecule is CC(=O)c1cccc(/C(=C\c2ccnc(-c3cc(/C=C(/OC=O)c4cccc(C(C)=O)c4)cc(-c4cc(/C=C(/OC=O)c5cccc(C(C)=O)c5)ccn4)n3)c2)OC=O)c1.CCCCCCc1ccc(/C=C/c2ccnc(-c3cc(C(F)(F)F)n[n-]3)c2)s1.[N-]=C=S.[Ru+2]. The molecule has 0 radical (unpaired) electrons. The molecule has 0 N–H and O–H groups in total. The summed E-state index contributed by atoms with van der Waals surface area (Å²) in [7, 11) is 0. The fraction of sp³-hybridized carbons (Fsp3) is 0.143. The van der Waals surface area contributed by atoms with Gasteiger partial charge < -0.3 is 29.8 Å². The van der Waals surface area contributed by atoms with Crippen molar-refractivity contribution in [2.24, 2.45) is 0 Å². The van der Waals surface area contributed by atoms with Crippen LogP contribution in [-0.4, -0.2) is 67.0 Å². The Labute approximate surface area is 550 Å². The number of hydrogen-bond acceptors (Lipinski definition) is 16. The molecule has 0 fully saturated rings. The van der Waals surface area contributed by atoms with Gasteiger partial charge >= 0.3 is 25.7 Å². The number of benzene rings is 3. The molecule has 466 valence electrons. The van der Waals surface area contributed by atoms with E-state index in [4.69, 9.17) is 24.6 Å². The van der Waals surface area contributed by atoms with E-state index in [2.05, 4.69) is 56.4 Å². The Morgan fingerprint density at radius 2 is 0.978 bits per heavy atom. The van der Waals surface area contributed by atoms with Crippen LogP contribution in [0.3, 0.4) is 0 Å². The average molecular weight is 1360 g/mol. The van der Waals surface area contributed by atoms with E-state index >= 15 is 0 Å². The second-order valence-corrected chi connectivity index (χ2v) is 21.2. The maximum atomic E-state index is 12.7. The zero-order valence-electron chi connectivity index (χ0n) is 49.8. The molecule has 0 saturated carbocycles. The van der Waals surface area contributed by atoms with E-state index in [0.717, 1.165) is 22.9 Å². The van der Waals surface area contributed by atoms with Crippen LogP contribution < -0.4 is 5.10 Å². The van der Waals surface area contributed by atoms with E-state index in [1.54, 1.807) is 169 Å². The molecule has 0 atom stereocenters. The predicted octanol–water partition coefficient (Wildman–Crippen LogP) is 16.0. The fourth-order valence-electron chi connectivity index (χ4n) is 8.86. The van der Waals surface area contributed by atoms with Crippen molar-refractivity contribution >= 4 is 113 Å². The van der Waals surface area contributed by atoms with Crippen LogP contribution in [0.25, 0.3) is 87.2 Å². The molecule has 9 aromatic rings. The Hall–Kier alpha value is -10.2. The van der Waals surface area contributed by atoms with Crippen molar-refractivity contribution in [1.29, 1.82) is 0 Å². The van der Waals surface area contributed by atoms with Gasteiger partial charge in [0.25, 0.3) is 19.4 Å². The number of halogens is 3. The van der Waals surface area contributed by atoms with E-state index < -0.39 is 11.9 Å². The number of ether oxygens (including phenoxy) is 3. The monoisotopic (exact) mass is 1360 g/mol. The van der Waals surface area contributed by atoms with Crippen LogP contribution in [0, 0.1) is 0 Å². The molecule has 9 rings (SSSR count). The van der Waals surface area contributed by atoms with Gasteiger partial charge in [-0.1, -0.05) is 105 Å². The number of aromatic nitrogens is 6. The number of Topliss-reactive ketones (excluding diaryl/α,β-unsaturated/α-hetero) is 3. The molecule has 22 heteroatoms. The van der Waals surface area contributed by atoms with Crippen LogP contribution in [0.4, 0.5) is 13.2 Å². The summed E-state index contributed by atoms with van der Waals surface area (Å²) in [4.78, 5) is 92.0. The molecule has 6 aromatic heterocycles. The van der Waals surface area contributed by atoms with Gasteiger partial charge in [0.2, 0.25) is 0 Å². The summed E-state index contributed by atoms with van der Waals surface area (Å²) < 4.78 is 54.2. The summed E-state index contributed by atoms with van der Waals surface area (Å²) in [6.07, 6.45) is 15.1. The van der Waals surface area contributed by atoms with Gasteiger partial charge in [0.1, 0.15) is 23.0 Å². The van der Waals surface area contributed by atoms with E-state index in [-0.39, 0.29) is 59.8 Å². The zero-order valence-corrected chi connectivity index (χ0v) is 53.1. The summed E-state index contributed by atoms with van der Waals surface area (Å²) >= 11 is 5.47. The number of hydrogen-bond donors (Lipinski definition) is 0. The molecule has 3 aromatic carbocycles. The molecule has 0 aliphatic heterocycles. The number of carbonyl (C=O) groups excluding carboxylic acids is 6. The molecule has 0 saturated heterocycles. The van der Waals surface area contributed by atoms with Crippen molar-refractivity contribution < 1.29 is 75.6 Å². The number of isothiocyanates is 1. The number of carbonyl (C=O) groups is 6. The van der Waals surface area contributed by atoms with Gasteiger partial charge in [-0.25, -0.2) is 4.98 Å². The number of thiophene rings is 1. The first-order valence-corrected chi connectivity index (χ1v) is 29.2. The van der Waals surface area contributed by atoms with Gasteiger partial charge in [-0.3, -0.25) is 43.7 Å². The Bertz CT molecular complexity index is 4120. The van der Waals surface area contributed by atoms with Crippen molar-refractivity contribution in [3.63, 3.8) is 0 Å². The molecule has 0 aliphatic carbocycles. The largest absolute Gasteiger partial charge is 2.00 e. The van der Waals surface area contributed by atoms with Crippen LogP contribution in [0.1, 0.15) is 139 Å². The Morgan fingerprint density at radius 3 is 1.41 bits per heavy atom. The molecule has 0 amide bonds. The van der Waals surface area contributed by atoms with Crippen molar-refractivity contribution in [2.45, 2.75) is 66.0 Å². The average Bonchev–Trinajstić information content (AvgIpc) is 0.932. The first-order chi connectivity index (χ1) is 43.9. The van der Waals surface area contributed by atoms with Crippen molar-refractivity contribution in [1.82, 2.24) is 30.1 Å². The minimum Gasteiger partial charge on any atom is -0.753 e. The number of thiocarbonyl (C=S) groups is 1. The fourth-order valence-corrected chi connectivity index (χ4v) is 9.82. The normalized spacial score (nSPS) is 11.4. The van der Waals surface area contributed by atoms with Gasteiger partial charge in [0.15, 0.2) is 17.3 Å². The summed E-state index contributed by atoms with van der Waals surface area (Å²) in [5.41, 5.74) is 6.37. The first kappa shape index (κ1) is 70.8. The number of aryl methyl sites for hydroxylation is 1. The molecule has 0 unspecified atom stereocenters. The standard InChI is InChI=1S/C48H35N3O9.C21H21F3N3S.CNS.Ru/c1-30(55)36-7-4-10-39(24-36)46(58-27-52)21-33-13-15-49-42(17-33)44-19-35(23-48(60-29-54)41-12-6-9-38(26-41)32(3)57)20-45(51-44)43-18-34(14-16-50-43)22-47(59-28-53)40-11-5-8-37(25-40)31(2)56;1-2-3-4-5-6-16-9-10-17(28-16)8-7-15-11-12-25-18(13-15)19-14-20(27-26-19)21(22,23)24;2-1-3;/h4-29H,1-3H3;7-14H,2-6H2,1H3;;/q;2*-1;+2/b46-21+,47-22+,48-23+;8-7+;;. The molecule has 0 bridgehead atoms. The topological polar surface area (TPSA) is 231 Å². The van der Waals surface area contributed by atoms with Crippen LogP contribution in [0.5, 0.6) is 0 Å². The van der Waals surface area contributed by atoms with E-state index in [9.17, 15) is 41.9 Å². The van der Waals surface area contributed by atoms with Gasteiger partial charge in [-0.2, -0.15) is 18.3 Å². The van der Waals surface area contributed by atoms with Crippen molar-refractivity contribution in [3.05, 3.63) is 235 Å². The maximum absolute atomic E-state index is 12.7. The third kappa shape index (κ3) is 20.9. The van der Waals surface area contributed by atoms with Crippen LogP contribution >= 0.6 is 23.6 Å². The Morgan fingerprint density at radius 1 is 0.554 bits per heavy atom. The molecule has 0 spiro atoms. The zero-order chi connectivity index (χ0) is 65.3. The molecule has 0 aliphatic rings. The minimum absolute atomic E-state index is 0. The second-order valence-electron chi connectivity index (χ2n) is 19.8. The summed E-state index contributed by atoms with van der Waals surface area (Å²) in [5.74, 6) is 0.0679.